The molecule has 8 bridgehead atoms. The van der Waals surface area contributed by atoms with E-state index >= 15 is 0 Å². The number of ether oxygens (including phenoxy) is 6. The van der Waals surface area contributed by atoms with Gasteiger partial charge in [0.2, 0.25) is 17.6 Å². The predicted octanol–water partition coefficient (Wildman–Crippen LogP) is 6.99. The third-order valence-corrected chi connectivity index (χ3v) is 8.55. The maximum atomic E-state index is 13.1. The Balaban J connectivity index is 1.26. The monoisotopic (exact) mass is 702 g/mol. The van der Waals surface area contributed by atoms with E-state index in [0.29, 0.717) is 78.5 Å². The van der Waals surface area contributed by atoms with Crippen LogP contribution in [0.25, 0.3) is 0 Å². The number of rotatable bonds is 6. The number of hydrogen-bond acceptors (Lipinski definition) is 8. The zero-order valence-electron chi connectivity index (χ0n) is 29.5. The van der Waals surface area contributed by atoms with E-state index in [-0.39, 0.29) is 24.7 Å². The highest BCUT2D eigenvalue weighted by molar-refractivity contribution is 5.79. The summed E-state index contributed by atoms with van der Waals surface area (Å²) >= 11 is 0. The topological polar surface area (TPSA) is 114 Å². The Morgan fingerprint density at radius 3 is 1.90 bits per heavy atom. The van der Waals surface area contributed by atoms with Gasteiger partial charge >= 0.3 is 0 Å². The van der Waals surface area contributed by atoms with Crippen LogP contribution in [0.3, 0.4) is 0 Å². The van der Waals surface area contributed by atoms with Gasteiger partial charge in [0.05, 0.1) is 34.2 Å². The minimum Gasteiger partial charge on any atom is -0.493 e. The van der Waals surface area contributed by atoms with Crippen LogP contribution >= 0.6 is 0 Å². The van der Waals surface area contributed by atoms with Crippen molar-refractivity contribution in [3.05, 3.63) is 131 Å². The molecule has 4 heterocycles. The molecule has 10 nitrogen and oxygen atoms in total. The summed E-state index contributed by atoms with van der Waals surface area (Å²) < 4.78 is 35.7. The zero-order chi connectivity index (χ0) is 36.3. The molecule has 0 spiro atoms. The Bertz CT molecular complexity index is 2000. The fraction of sp³-hybridized carbons (Fsp3) is 0.238. The smallest absolute Gasteiger partial charge is 0.224 e. The first-order chi connectivity index (χ1) is 25.4. The number of nitrogens with one attached hydrogen (secondary N) is 2. The van der Waals surface area contributed by atoms with E-state index in [1.54, 1.807) is 21.3 Å². The molecule has 5 aromatic rings. The first kappa shape index (κ1) is 35.7. The SMILES string of the molecule is COc1cc2ccc1Oc1cc(cc(OC)c1OC)CCNC(=O)Cc1ccc(cc1)Oc1cc(ccc1OCc1ccccc1)CC(=O)NCC2. The molecular weight excluding hydrogens is 660 g/mol. The van der Waals surface area contributed by atoms with Crippen LogP contribution in [0.1, 0.15) is 27.8 Å². The average Bonchev–Trinajstić information content (AvgIpc) is 3.15. The minimum absolute atomic E-state index is 0.112. The summed E-state index contributed by atoms with van der Waals surface area (Å²) in [6.07, 6.45) is 1.47. The van der Waals surface area contributed by atoms with Gasteiger partial charge in [-0.3, -0.25) is 9.59 Å². The fourth-order valence-corrected chi connectivity index (χ4v) is 5.86. The van der Waals surface area contributed by atoms with E-state index in [1.165, 1.54) is 0 Å². The van der Waals surface area contributed by atoms with Crippen molar-refractivity contribution in [3.63, 3.8) is 0 Å². The zero-order valence-corrected chi connectivity index (χ0v) is 29.5. The van der Waals surface area contributed by atoms with Crippen LogP contribution < -0.4 is 39.1 Å². The van der Waals surface area contributed by atoms with Gasteiger partial charge in [-0.25, -0.2) is 0 Å². The molecule has 0 saturated heterocycles. The maximum absolute atomic E-state index is 13.1. The van der Waals surface area contributed by atoms with Crippen LogP contribution in [0, 0.1) is 0 Å². The lowest BCUT2D eigenvalue weighted by atomic mass is 10.1. The molecule has 5 aromatic carbocycles. The molecule has 2 N–H and O–H groups in total. The number of benzene rings is 5. The lowest BCUT2D eigenvalue weighted by Crippen LogP contribution is -2.27. The number of amides is 2. The molecule has 52 heavy (non-hydrogen) atoms. The van der Waals surface area contributed by atoms with Crippen molar-refractivity contribution in [1.82, 2.24) is 10.6 Å². The Labute approximate surface area is 303 Å². The van der Waals surface area contributed by atoms with E-state index in [0.717, 1.165) is 27.8 Å². The van der Waals surface area contributed by atoms with Crippen LogP contribution in [0.15, 0.2) is 103 Å². The second-order valence-corrected chi connectivity index (χ2v) is 12.3. The molecule has 0 atom stereocenters. The van der Waals surface area contributed by atoms with Gasteiger partial charge in [-0.2, -0.15) is 0 Å². The summed E-state index contributed by atoms with van der Waals surface area (Å²) in [4.78, 5) is 26.0. The van der Waals surface area contributed by atoms with Crippen LogP contribution in [0.4, 0.5) is 0 Å². The Hall–Kier alpha value is -6.16. The highest BCUT2D eigenvalue weighted by Gasteiger charge is 2.18. The van der Waals surface area contributed by atoms with Gasteiger partial charge in [-0.15, -0.1) is 0 Å². The van der Waals surface area contributed by atoms with Gasteiger partial charge in [-0.1, -0.05) is 54.6 Å². The van der Waals surface area contributed by atoms with E-state index in [9.17, 15) is 9.59 Å². The average molecular weight is 703 g/mol. The Morgan fingerprint density at radius 2 is 1.19 bits per heavy atom. The summed E-state index contributed by atoms with van der Waals surface area (Å²) in [5, 5.41) is 6.03. The van der Waals surface area contributed by atoms with Crippen LogP contribution in [-0.2, 0) is 41.9 Å². The number of carbonyl (C=O) groups excluding carboxylic acids is 2. The third kappa shape index (κ3) is 9.33. The molecule has 9 rings (SSSR count). The van der Waals surface area contributed by atoms with Gasteiger partial charge < -0.3 is 39.1 Å². The molecule has 0 unspecified atom stereocenters. The number of carbonyl (C=O) groups is 2. The van der Waals surface area contributed by atoms with Crippen LogP contribution in [-0.4, -0.2) is 46.2 Å². The molecule has 0 saturated carbocycles. The standard InChI is InChI=1S/C42H42N2O8/c1-47-36-21-29-11-16-35(36)52-39-24-32(23-38(48-2)42(39)49-3)18-20-44-40(45)25-28-9-13-33(14-10-28)51-37-22-31(26-41(46)43-19-17-29)12-15-34(37)50-27-30-7-5-4-6-8-30/h4-16,21-24H,17-20,25-27H2,1-3H3,(H,43,46)(H,44,45). The van der Waals surface area contributed by atoms with Gasteiger partial charge in [0.1, 0.15) is 12.4 Å². The predicted molar refractivity (Wildman–Crippen MR) is 197 cm³/mol. The lowest BCUT2D eigenvalue weighted by Gasteiger charge is -2.18. The van der Waals surface area contributed by atoms with Gasteiger partial charge in [0.25, 0.3) is 0 Å². The van der Waals surface area contributed by atoms with Crippen molar-refractivity contribution < 1.29 is 38.0 Å². The van der Waals surface area contributed by atoms with E-state index < -0.39 is 0 Å². The highest BCUT2D eigenvalue weighted by Crippen LogP contribution is 2.43. The molecule has 0 aliphatic carbocycles. The Morgan fingerprint density at radius 1 is 0.558 bits per heavy atom. The van der Waals surface area contributed by atoms with Gasteiger partial charge in [-0.05, 0) is 89.2 Å². The summed E-state index contributed by atoms with van der Waals surface area (Å²) in [6.45, 7) is 1.20. The summed E-state index contributed by atoms with van der Waals surface area (Å²) in [7, 11) is 4.69. The first-order valence-corrected chi connectivity index (χ1v) is 17.1. The number of hydrogen-bond donors (Lipinski definition) is 2. The van der Waals surface area contributed by atoms with E-state index in [2.05, 4.69) is 10.6 Å². The second kappa shape index (κ2) is 17.2. The Kier molecular flexibility index (Phi) is 11.8. The summed E-state index contributed by atoms with van der Waals surface area (Å²) in [5.74, 6) is 3.78. The first-order valence-electron chi connectivity index (χ1n) is 17.1. The summed E-state index contributed by atoms with van der Waals surface area (Å²) in [5.41, 5.74) is 4.47. The molecule has 10 heteroatoms. The van der Waals surface area contributed by atoms with Crippen LogP contribution in [0.2, 0.25) is 0 Å². The van der Waals surface area contributed by atoms with Crippen molar-refractivity contribution in [2.24, 2.45) is 0 Å². The maximum Gasteiger partial charge on any atom is 0.224 e. The minimum atomic E-state index is -0.124. The highest BCUT2D eigenvalue weighted by atomic mass is 16.5. The van der Waals surface area contributed by atoms with E-state index in [4.69, 9.17) is 28.4 Å². The second-order valence-electron chi connectivity index (χ2n) is 12.3. The normalized spacial score (nSPS) is 13.6. The molecule has 0 aromatic heterocycles. The van der Waals surface area contributed by atoms with Crippen molar-refractivity contribution in [2.45, 2.75) is 32.3 Å². The fourth-order valence-electron chi connectivity index (χ4n) is 5.86. The molecule has 0 radical (unpaired) electrons. The molecule has 0 fully saturated rings. The summed E-state index contributed by atoms with van der Waals surface area (Å²) in [6, 6.07) is 32.1. The molecule has 268 valence electrons. The van der Waals surface area contributed by atoms with Gasteiger partial charge in [0.15, 0.2) is 34.5 Å². The van der Waals surface area contributed by atoms with Crippen LogP contribution in [0.5, 0.6) is 46.0 Å². The molecular formula is C42H42N2O8. The molecule has 4 aliphatic rings. The van der Waals surface area contributed by atoms with Crippen molar-refractivity contribution in [2.75, 3.05) is 34.4 Å². The molecule has 4 aliphatic heterocycles. The third-order valence-electron chi connectivity index (χ3n) is 8.55. The quantitative estimate of drug-likeness (QED) is 0.195. The van der Waals surface area contributed by atoms with Crippen molar-refractivity contribution in [1.29, 1.82) is 0 Å². The van der Waals surface area contributed by atoms with Crippen molar-refractivity contribution in [3.8, 4) is 46.0 Å². The van der Waals surface area contributed by atoms with Gasteiger partial charge in [0, 0.05) is 13.1 Å². The molecule has 2 amide bonds. The number of methoxy groups -OCH3 is 3. The lowest BCUT2D eigenvalue weighted by molar-refractivity contribution is -0.121. The van der Waals surface area contributed by atoms with Crippen molar-refractivity contribution >= 4 is 11.8 Å². The largest absolute Gasteiger partial charge is 0.493 e. The van der Waals surface area contributed by atoms with E-state index in [1.807, 2.05) is 103 Å².